The number of nitriles is 1. The standard InChI is InChI=1S/C16H16N4O5/c17-9-12(10-19-7-5-11(6-8-19)16(22)23)15(21)18-13-3-1-2-4-14(13)20(24)25/h1-4,10-11H,5-8H2,(H,18,21)(H,22,23)/b12-10-. The van der Waals surface area contributed by atoms with Gasteiger partial charge in [-0.1, -0.05) is 12.1 Å². The molecule has 1 aliphatic rings. The minimum Gasteiger partial charge on any atom is -0.481 e. The van der Waals surface area contributed by atoms with E-state index in [-0.39, 0.29) is 16.9 Å². The fourth-order valence-electron chi connectivity index (χ4n) is 2.52. The highest BCUT2D eigenvalue weighted by Crippen LogP contribution is 2.24. The largest absolute Gasteiger partial charge is 0.481 e. The summed E-state index contributed by atoms with van der Waals surface area (Å²) in [5.74, 6) is -2.02. The van der Waals surface area contributed by atoms with Gasteiger partial charge in [-0.15, -0.1) is 0 Å². The van der Waals surface area contributed by atoms with Gasteiger partial charge in [0, 0.05) is 25.4 Å². The molecule has 25 heavy (non-hydrogen) atoms. The molecule has 0 unspecified atom stereocenters. The summed E-state index contributed by atoms with van der Waals surface area (Å²) in [7, 11) is 0. The summed E-state index contributed by atoms with van der Waals surface area (Å²) in [5, 5.41) is 31.5. The Hall–Kier alpha value is -3.41. The van der Waals surface area contributed by atoms with Gasteiger partial charge in [0.25, 0.3) is 11.6 Å². The first-order chi connectivity index (χ1) is 11.9. The van der Waals surface area contributed by atoms with Gasteiger partial charge in [-0.25, -0.2) is 0 Å². The van der Waals surface area contributed by atoms with Crippen molar-refractivity contribution < 1.29 is 19.6 Å². The number of anilines is 1. The third-order valence-electron chi connectivity index (χ3n) is 3.90. The lowest BCUT2D eigenvalue weighted by Gasteiger charge is -2.29. The van der Waals surface area contributed by atoms with Crippen LogP contribution in [-0.2, 0) is 9.59 Å². The van der Waals surface area contributed by atoms with Crippen LogP contribution in [0, 0.1) is 27.4 Å². The van der Waals surface area contributed by atoms with Gasteiger partial charge in [-0.3, -0.25) is 19.7 Å². The van der Waals surface area contributed by atoms with Crippen molar-refractivity contribution in [3.63, 3.8) is 0 Å². The van der Waals surface area contributed by atoms with Gasteiger partial charge in [-0.05, 0) is 18.9 Å². The summed E-state index contributed by atoms with van der Waals surface area (Å²) in [6.45, 7) is 0.835. The lowest BCUT2D eigenvalue weighted by Crippen LogP contribution is -2.33. The first kappa shape index (κ1) is 17.9. The van der Waals surface area contributed by atoms with Crippen molar-refractivity contribution in [1.29, 1.82) is 5.26 Å². The molecular formula is C16H16N4O5. The maximum absolute atomic E-state index is 12.2. The number of carbonyl (C=O) groups excluding carboxylic acids is 1. The molecule has 0 aliphatic carbocycles. The van der Waals surface area contributed by atoms with Crippen LogP contribution in [0.2, 0.25) is 0 Å². The van der Waals surface area contributed by atoms with Crippen molar-refractivity contribution in [3.05, 3.63) is 46.2 Å². The molecule has 1 fully saturated rings. The van der Waals surface area contributed by atoms with Gasteiger partial charge in [0.05, 0.1) is 10.8 Å². The highest BCUT2D eigenvalue weighted by Gasteiger charge is 2.24. The number of carbonyl (C=O) groups is 2. The number of nitro groups is 1. The Morgan fingerprint density at radius 3 is 2.56 bits per heavy atom. The Balaban J connectivity index is 2.08. The maximum Gasteiger partial charge on any atom is 0.306 e. The van der Waals surface area contributed by atoms with Gasteiger partial charge in [0.1, 0.15) is 17.3 Å². The second kappa shape index (κ2) is 7.92. The summed E-state index contributed by atoms with van der Waals surface area (Å²) >= 11 is 0. The van der Waals surface area contributed by atoms with E-state index in [2.05, 4.69) is 5.32 Å². The van der Waals surface area contributed by atoms with Crippen molar-refractivity contribution in [2.45, 2.75) is 12.8 Å². The zero-order valence-corrected chi connectivity index (χ0v) is 13.2. The van der Waals surface area contributed by atoms with Crippen LogP contribution < -0.4 is 5.32 Å². The Bertz CT molecular complexity index is 760. The molecule has 0 radical (unpaired) electrons. The van der Waals surface area contributed by atoms with Crippen molar-refractivity contribution in [1.82, 2.24) is 4.90 Å². The number of hydrogen-bond donors (Lipinski definition) is 2. The average molecular weight is 344 g/mol. The predicted molar refractivity (Wildman–Crippen MR) is 87.4 cm³/mol. The number of aliphatic carboxylic acids is 1. The van der Waals surface area contributed by atoms with Gasteiger partial charge in [0.15, 0.2) is 0 Å². The average Bonchev–Trinajstić information content (AvgIpc) is 2.60. The first-order valence-electron chi connectivity index (χ1n) is 7.56. The summed E-state index contributed by atoms with van der Waals surface area (Å²) in [6.07, 6.45) is 2.22. The van der Waals surface area contributed by atoms with Gasteiger partial charge < -0.3 is 15.3 Å². The molecule has 1 aromatic carbocycles. The molecule has 2 N–H and O–H groups in total. The Kier molecular flexibility index (Phi) is 5.68. The quantitative estimate of drug-likeness (QED) is 0.359. The number of nitrogens with one attached hydrogen (secondary N) is 1. The van der Waals surface area contributed by atoms with Gasteiger partial charge >= 0.3 is 5.97 Å². The molecule has 1 aliphatic heterocycles. The zero-order chi connectivity index (χ0) is 18.4. The van der Waals surface area contributed by atoms with E-state index in [1.165, 1.54) is 30.5 Å². The van der Waals surface area contributed by atoms with E-state index in [0.29, 0.717) is 25.9 Å². The number of nitrogens with zero attached hydrogens (tertiary/aromatic N) is 3. The monoisotopic (exact) mass is 344 g/mol. The van der Waals surface area contributed by atoms with Crippen molar-refractivity contribution in [3.8, 4) is 6.07 Å². The van der Waals surface area contributed by atoms with Crippen LogP contribution in [0.5, 0.6) is 0 Å². The molecule has 1 amide bonds. The lowest BCUT2D eigenvalue weighted by atomic mass is 9.97. The zero-order valence-electron chi connectivity index (χ0n) is 13.2. The molecule has 9 nitrogen and oxygen atoms in total. The van der Waals surface area contributed by atoms with E-state index >= 15 is 0 Å². The number of piperidine rings is 1. The van der Waals surface area contributed by atoms with Gasteiger partial charge in [0.2, 0.25) is 0 Å². The summed E-state index contributed by atoms with van der Waals surface area (Å²) in [4.78, 5) is 35.2. The van der Waals surface area contributed by atoms with Crippen LogP contribution in [0.15, 0.2) is 36.0 Å². The molecule has 0 saturated carbocycles. The molecule has 0 aromatic heterocycles. The second-order valence-electron chi connectivity index (χ2n) is 5.53. The van der Waals surface area contributed by atoms with Crippen LogP contribution in [0.4, 0.5) is 11.4 Å². The highest BCUT2D eigenvalue weighted by molar-refractivity contribution is 6.07. The van der Waals surface area contributed by atoms with Crippen molar-refractivity contribution in [2.75, 3.05) is 18.4 Å². The van der Waals surface area contributed by atoms with E-state index in [0.717, 1.165) is 0 Å². The van der Waals surface area contributed by atoms with E-state index in [1.807, 2.05) is 0 Å². The minimum atomic E-state index is -0.849. The molecule has 9 heteroatoms. The molecular weight excluding hydrogens is 328 g/mol. The second-order valence-corrected chi connectivity index (χ2v) is 5.53. The summed E-state index contributed by atoms with van der Waals surface area (Å²) in [6, 6.07) is 7.41. The number of carboxylic acid groups (broad SMARTS) is 1. The number of likely N-dealkylation sites (tertiary alicyclic amines) is 1. The third-order valence-corrected chi connectivity index (χ3v) is 3.90. The molecule has 2 rings (SSSR count). The predicted octanol–water partition coefficient (Wildman–Crippen LogP) is 1.74. The number of carboxylic acids is 1. The number of para-hydroxylation sites is 2. The Labute approximate surface area is 143 Å². The van der Waals surface area contributed by atoms with Crippen molar-refractivity contribution in [2.24, 2.45) is 5.92 Å². The SMILES string of the molecule is N#C/C(=C/N1CCC(C(=O)O)CC1)C(=O)Nc1ccccc1[N+](=O)[O-]. The summed E-state index contributed by atoms with van der Waals surface area (Å²) in [5.41, 5.74) is -0.467. The Morgan fingerprint density at radius 2 is 2.00 bits per heavy atom. The third kappa shape index (κ3) is 4.54. The van der Waals surface area contributed by atoms with E-state index in [4.69, 9.17) is 5.11 Å². The van der Waals surface area contributed by atoms with Crippen LogP contribution in [-0.4, -0.2) is 39.9 Å². The van der Waals surface area contributed by atoms with E-state index < -0.39 is 22.7 Å². The van der Waals surface area contributed by atoms with Gasteiger partial charge in [-0.2, -0.15) is 5.26 Å². The molecule has 0 atom stereocenters. The minimum absolute atomic E-state index is 0.00300. The fraction of sp³-hybridized carbons (Fsp3) is 0.312. The maximum atomic E-state index is 12.2. The number of rotatable bonds is 5. The number of nitro benzene ring substituents is 1. The molecule has 1 heterocycles. The first-order valence-corrected chi connectivity index (χ1v) is 7.56. The molecule has 0 spiro atoms. The molecule has 130 valence electrons. The number of amides is 1. The molecule has 1 saturated heterocycles. The fourth-order valence-corrected chi connectivity index (χ4v) is 2.52. The highest BCUT2D eigenvalue weighted by atomic mass is 16.6. The smallest absolute Gasteiger partial charge is 0.306 e. The van der Waals surface area contributed by atoms with Crippen LogP contribution in [0.1, 0.15) is 12.8 Å². The number of benzene rings is 1. The summed E-state index contributed by atoms with van der Waals surface area (Å²) < 4.78 is 0. The molecule has 1 aromatic rings. The van der Waals surface area contributed by atoms with Crippen LogP contribution >= 0.6 is 0 Å². The van der Waals surface area contributed by atoms with Crippen LogP contribution in [0.25, 0.3) is 0 Å². The van der Waals surface area contributed by atoms with E-state index in [9.17, 15) is 25.0 Å². The van der Waals surface area contributed by atoms with Crippen LogP contribution in [0.3, 0.4) is 0 Å². The normalized spacial score (nSPS) is 15.3. The topological polar surface area (TPSA) is 137 Å². The lowest BCUT2D eigenvalue weighted by molar-refractivity contribution is -0.383. The van der Waals surface area contributed by atoms with Crippen molar-refractivity contribution >= 4 is 23.3 Å². The molecule has 0 bridgehead atoms. The van der Waals surface area contributed by atoms with E-state index in [1.54, 1.807) is 11.0 Å². The number of hydrogen-bond acceptors (Lipinski definition) is 6. The Morgan fingerprint density at radius 1 is 1.36 bits per heavy atom.